The van der Waals surface area contributed by atoms with Crippen molar-refractivity contribution >= 4 is 58.7 Å². The quantitative estimate of drug-likeness (QED) is 0.0371. The molecule has 3 aromatic carbocycles. The fourth-order valence-corrected chi connectivity index (χ4v) is 7.73. The highest BCUT2D eigenvalue weighted by Crippen LogP contribution is 2.46. The molecule has 0 radical (unpaired) electrons. The highest BCUT2D eigenvalue weighted by atomic mass is 16.5. The van der Waals surface area contributed by atoms with E-state index in [1.807, 2.05) is 0 Å². The summed E-state index contributed by atoms with van der Waals surface area (Å²) in [7, 11) is 0. The Kier molecular flexibility index (Phi) is 14.6. The molecule has 16 nitrogen and oxygen atoms in total. The van der Waals surface area contributed by atoms with Gasteiger partial charge in [0.05, 0.1) is 29.1 Å². The van der Waals surface area contributed by atoms with Gasteiger partial charge < -0.3 is 42.4 Å². The normalized spacial score (nSPS) is 17.9. The summed E-state index contributed by atoms with van der Waals surface area (Å²) in [6.45, 7) is 7.84. The number of phenols is 1. The van der Waals surface area contributed by atoms with Crippen LogP contribution in [0, 0.1) is 34.0 Å². The first-order chi connectivity index (χ1) is 27.7. The van der Waals surface area contributed by atoms with Crippen molar-refractivity contribution in [3.8, 4) is 5.75 Å². The lowest BCUT2D eigenvalue weighted by atomic mass is 9.65. The van der Waals surface area contributed by atoms with Gasteiger partial charge in [-0.2, -0.15) is 0 Å². The molecule has 1 fully saturated rings. The minimum Gasteiger partial charge on any atom is -0.508 e. The molecule has 16 heteroatoms. The molecule has 0 saturated carbocycles. The van der Waals surface area contributed by atoms with Crippen LogP contribution in [0.15, 0.2) is 78.9 Å². The zero-order valence-electron chi connectivity index (χ0n) is 33.9. The van der Waals surface area contributed by atoms with E-state index in [1.54, 1.807) is 65.0 Å². The van der Waals surface area contributed by atoms with Crippen LogP contribution in [-0.2, 0) is 28.7 Å². The van der Waals surface area contributed by atoms with Crippen LogP contribution in [0.4, 0.5) is 21.9 Å². The van der Waals surface area contributed by atoms with E-state index in [1.165, 1.54) is 48.5 Å². The number of carbonyl (C=O) groups excluding carboxylic acids is 6. The molecule has 4 rings (SSSR count). The number of carboxylic acids is 1. The summed E-state index contributed by atoms with van der Waals surface area (Å²) in [5.41, 5.74) is 9.58. The molecule has 1 aliphatic rings. The molecule has 0 aliphatic carbocycles. The minimum atomic E-state index is -1.42. The van der Waals surface area contributed by atoms with Crippen LogP contribution in [-0.4, -0.2) is 71.5 Å². The zero-order valence-corrected chi connectivity index (χ0v) is 33.9. The number of nitrogens with zero attached hydrogens (tertiary/aromatic N) is 1. The summed E-state index contributed by atoms with van der Waals surface area (Å²) >= 11 is 0. The topological polar surface area (TPSA) is 261 Å². The number of carboxylic acid groups (broad SMARTS) is 1. The smallest absolute Gasteiger partial charge is 0.335 e. The number of carbonyl (C=O) groups is 7. The molecular weight excluding hydrogens is 761 g/mol. The summed E-state index contributed by atoms with van der Waals surface area (Å²) in [6.07, 6.45) is -0.0663. The number of aromatic hydroxyl groups is 1. The molecule has 316 valence electrons. The lowest BCUT2D eigenvalue weighted by Crippen LogP contribution is -2.45. The Morgan fingerprint density at radius 1 is 0.831 bits per heavy atom. The summed E-state index contributed by atoms with van der Waals surface area (Å²) < 4.78 is 5.71. The van der Waals surface area contributed by atoms with Gasteiger partial charge >= 0.3 is 18.0 Å². The number of rotatable bonds is 19. The number of nitrogens with one attached hydrogen (secondary N) is 3. The second-order valence-corrected chi connectivity index (χ2v) is 16.4. The van der Waals surface area contributed by atoms with Gasteiger partial charge in [-0.1, -0.05) is 45.9 Å². The van der Waals surface area contributed by atoms with Crippen LogP contribution in [0.5, 0.6) is 5.75 Å². The van der Waals surface area contributed by atoms with Crippen molar-refractivity contribution in [1.82, 2.24) is 5.32 Å². The lowest BCUT2D eigenvalue weighted by Gasteiger charge is -2.39. The molecule has 0 aromatic heterocycles. The summed E-state index contributed by atoms with van der Waals surface area (Å²) in [4.78, 5) is 93.1. The van der Waals surface area contributed by atoms with Crippen molar-refractivity contribution in [2.45, 2.75) is 60.3 Å². The third-order valence-corrected chi connectivity index (χ3v) is 10.9. The number of anilines is 3. The molecular formula is C43H54N6O10. The Morgan fingerprint density at radius 2 is 1.41 bits per heavy atom. The van der Waals surface area contributed by atoms with Gasteiger partial charge in [-0.3, -0.25) is 28.9 Å². The highest BCUT2D eigenvalue weighted by Gasteiger charge is 2.51. The van der Waals surface area contributed by atoms with Gasteiger partial charge in [0.1, 0.15) is 12.4 Å². The van der Waals surface area contributed by atoms with Crippen molar-refractivity contribution in [3.63, 3.8) is 0 Å². The van der Waals surface area contributed by atoms with Gasteiger partial charge in [0.25, 0.3) is 0 Å². The predicted molar refractivity (Wildman–Crippen MR) is 220 cm³/mol. The molecule has 1 saturated heterocycles. The first-order valence-corrected chi connectivity index (χ1v) is 19.3. The van der Waals surface area contributed by atoms with Gasteiger partial charge in [0.15, 0.2) is 0 Å². The Labute approximate surface area is 343 Å². The number of amides is 6. The molecule has 59 heavy (non-hydrogen) atoms. The molecule has 1 aliphatic heterocycles. The Balaban J connectivity index is 1.54. The van der Waals surface area contributed by atoms with Crippen LogP contribution in [0.1, 0.15) is 70.7 Å². The van der Waals surface area contributed by atoms with Gasteiger partial charge in [-0.05, 0) is 106 Å². The second kappa shape index (κ2) is 19.0. The molecule has 3 aromatic rings. The van der Waals surface area contributed by atoms with Crippen molar-refractivity contribution in [2.24, 2.45) is 45.5 Å². The number of esters is 1. The van der Waals surface area contributed by atoms with Gasteiger partial charge in [0.2, 0.25) is 23.6 Å². The summed E-state index contributed by atoms with van der Waals surface area (Å²) in [5.74, 6) is -6.00. The van der Waals surface area contributed by atoms with Crippen LogP contribution in [0.25, 0.3) is 0 Å². The van der Waals surface area contributed by atoms with Gasteiger partial charge in [-0.15, -0.1) is 0 Å². The number of hydrogen-bond donors (Lipinski definition) is 7. The number of ether oxygens (including phenoxy) is 1. The molecule has 9 N–H and O–H groups in total. The van der Waals surface area contributed by atoms with E-state index in [2.05, 4.69) is 16.0 Å². The van der Waals surface area contributed by atoms with Gasteiger partial charge in [0, 0.05) is 28.1 Å². The van der Waals surface area contributed by atoms with E-state index in [0.717, 1.165) is 4.90 Å². The molecule has 0 bridgehead atoms. The number of urea groups is 1. The van der Waals surface area contributed by atoms with E-state index in [9.17, 15) is 43.8 Å². The largest absolute Gasteiger partial charge is 0.508 e. The maximum absolute atomic E-state index is 14.1. The number of para-hydroxylation sites is 1. The number of aromatic carboxylic acids is 1. The Morgan fingerprint density at radius 3 is 1.98 bits per heavy atom. The summed E-state index contributed by atoms with van der Waals surface area (Å²) in [6, 6.07) is 19.3. The van der Waals surface area contributed by atoms with Crippen molar-refractivity contribution < 1.29 is 48.5 Å². The number of imide groups is 1. The molecule has 1 heterocycles. The minimum absolute atomic E-state index is 0.0173. The Bertz CT molecular complexity index is 2020. The monoisotopic (exact) mass is 814 g/mol. The van der Waals surface area contributed by atoms with E-state index < -0.39 is 75.6 Å². The number of phenolic OH excluding ortho intramolecular Hbond substituents is 1. The maximum Gasteiger partial charge on any atom is 0.335 e. The van der Waals surface area contributed by atoms with Crippen molar-refractivity contribution in [1.29, 1.82) is 0 Å². The zero-order chi connectivity index (χ0) is 43.7. The van der Waals surface area contributed by atoms with Crippen LogP contribution in [0.3, 0.4) is 0 Å². The average molecular weight is 815 g/mol. The first-order valence-electron chi connectivity index (χ1n) is 19.3. The highest BCUT2D eigenvalue weighted by molar-refractivity contribution is 6.22. The average Bonchev–Trinajstić information content (AvgIpc) is 3.39. The van der Waals surface area contributed by atoms with Crippen LogP contribution < -0.4 is 32.3 Å². The number of benzene rings is 3. The third kappa shape index (κ3) is 11.4. The molecule has 6 amide bonds. The number of hydrogen-bond acceptors (Lipinski definition) is 10. The molecule has 0 spiro atoms. The van der Waals surface area contributed by atoms with Gasteiger partial charge in [-0.25, -0.2) is 9.59 Å². The van der Waals surface area contributed by atoms with Crippen molar-refractivity contribution in [2.75, 3.05) is 35.2 Å². The van der Waals surface area contributed by atoms with E-state index in [4.69, 9.17) is 16.2 Å². The second-order valence-electron chi connectivity index (χ2n) is 16.4. The number of nitrogens with two attached hydrogens (primary N) is 2. The Hall–Kier alpha value is -6.29. The molecule has 5 atom stereocenters. The summed E-state index contributed by atoms with van der Waals surface area (Å²) in [5, 5.41) is 26.7. The maximum atomic E-state index is 14.1. The fraction of sp³-hybridized carbons (Fsp3) is 0.419. The third-order valence-electron chi connectivity index (χ3n) is 10.9. The molecule has 5 unspecified atom stereocenters. The number of primary amides is 1. The lowest BCUT2D eigenvalue weighted by molar-refractivity contribution is -0.158. The first kappa shape index (κ1) is 45.4. The van der Waals surface area contributed by atoms with Crippen LogP contribution >= 0.6 is 0 Å². The standard InChI is InChI=1S/C43H54N6O10/c1-26-33(35(52)49(34(26)51)31-9-7-6-8-10-31)23-42(4,37(45)55)21-27(24-44)22-43(5,25-41(2,3)38(56)47-29-13-11-28(12-14-29)36(53)54)39(57)59-20-19-46-40(58)48-30-15-17-32(50)18-16-30/h6-18,26-27,33,50H,19-25,44H2,1-5H3,(H2,45,55)(H,47,56)(H,53,54)(H2,46,48,58). The van der Waals surface area contributed by atoms with Crippen LogP contribution in [0.2, 0.25) is 0 Å². The van der Waals surface area contributed by atoms with E-state index in [0.29, 0.717) is 17.1 Å². The fourth-order valence-electron chi connectivity index (χ4n) is 7.73. The van der Waals surface area contributed by atoms with E-state index in [-0.39, 0.29) is 56.7 Å². The van der Waals surface area contributed by atoms with Crippen molar-refractivity contribution in [3.05, 3.63) is 84.4 Å². The SMILES string of the molecule is CC1C(=O)N(c2ccccc2)C(=O)C1CC(C)(CC(CN)CC(C)(CC(C)(C)C(=O)Nc1ccc(C(=O)O)cc1)C(=O)OCCNC(=O)Nc1ccc(O)cc1)C(N)=O. The van der Waals surface area contributed by atoms with E-state index >= 15 is 0 Å². The predicted octanol–water partition coefficient (Wildman–Crippen LogP) is 4.88.